The van der Waals surface area contributed by atoms with Gasteiger partial charge in [-0.3, -0.25) is 4.79 Å². The van der Waals surface area contributed by atoms with E-state index in [-0.39, 0.29) is 17.1 Å². The topological polar surface area (TPSA) is 71.1 Å². The summed E-state index contributed by atoms with van der Waals surface area (Å²) in [5.41, 5.74) is 1.46. The molecule has 25 heavy (non-hydrogen) atoms. The van der Waals surface area contributed by atoms with E-state index in [1.807, 2.05) is 6.92 Å². The monoisotopic (exact) mass is 344 g/mol. The van der Waals surface area contributed by atoms with Crippen LogP contribution in [0, 0.1) is 6.92 Å². The summed E-state index contributed by atoms with van der Waals surface area (Å²) in [6.45, 7) is 3.28. The van der Waals surface area contributed by atoms with Crippen molar-refractivity contribution >= 4 is 11.8 Å². The first kappa shape index (κ1) is 18.3. The molecule has 0 aliphatic carbocycles. The van der Waals surface area contributed by atoms with Crippen LogP contribution in [-0.2, 0) is 0 Å². The highest BCUT2D eigenvalue weighted by Gasteiger charge is 2.20. The molecule has 0 heterocycles. The van der Waals surface area contributed by atoms with Crippen molar-refractivity contribution in [2.24, 2.45) is 0 Å². The lowest BCUT2D eigenvalue weighted by Crippen LogP contribution is -2.12. The fraction of sp³-hybridized carbons (Fsp3) is 0.263. The van der Waals surface area contributed by atoms with Crippen LogP contribution in [0.25, 0.3) is 0 Å². The number of ketones is 1. The molecule has 0 aliphatic rings. The van der Waals surface area contributed by atoms with Crippen LogP contribution < -0.4 is 18.9 Å². The van der Waals surface area contributed by atoms with Crippen LogP contribution in [-0.4, -0.2) is 33.1 Å². The molecule has 0 unspecified atom stereocenters. The molecule has 0 amide bonds. The quantitative estimate of drug-likeness (QED) is 0.454. The number of carbonyl (C=O) groups is 2. The molecule has 2 aromatic carbocycles. The van der Waals surface area contributed by atoms with E-state index in [9.17, 15) is 9.59 Å². The fourth-order valence-electron chi connectivity index (χ4n) is 2.37. The average molecular weight is 344 g/mol. The molecule has 0 fully saturated rings. The Morgan fingerprint density at radius 1 is 0.840 bits per heavy atom. The minimum Gasteiger partial charge on any atom is -0.493 e. The summed E-state index contributed by atoms with van der Waals surface area (Å²) < 4.78 is 21.1. The molecule has 0 aliphatic heterocycles. The summed E-state index contributed by atoms with van der Waals surface area (Å²) in [6, 6.07) is 8.03. The highest BCUT2D eigenvalue weighted by molar-refractivity contribution is 5.99. The van der Waals surface area contributed by atoms with E-state index in [4.69, 9.17) is 18.9 Å². The zero-order valence-corrected chi connectivity index (χ0v) is 14.8. The van der Waals surface area contributed by atoms with E-state index < -0.39 is 5.97 Å². The van der Waals surface area contributed by atoms with Gasteiger partial charge in [0.25, 0.3) is 0 Å². The molecule has 0 atom stereocenters. The normalized spacial score (nSPS) is 10.1. The molecule has 0 bridgehead atoms. The minimum atomic E-state index is -0.634. The molecule has 6 nitrogen and oxygen atoms in total. The van der Waals surface area contributed by atoms with Crippen molar-refractivity contribution in [3.63, 3.8) is 0 Å². The van der Waals surface area contributed by atoms with E-state index in [2.05, 4.69) is 0 Å². The van der Waals surface area contributed by atoms with Gasteiger partial charge >= 0.3 is 5.97 Å². The Balaban J connectivity index is 2.41. The number of benzene rings is 2. The van der Waals surface area contributed by atoms with Gasteiger partial charge in [-0.2, -0.15) is 0 Å². The summed E-state index contributed by atoms with van der Waals surface area (Å²) in [5.74, 6) is 0.439. The molecule has 0 N–H and O–H groups in total. The van der Waals surface area contributed by atoms with E-state index in [1.54, 1.807) is 18.2 Å². The Hall–Kier alpha value is -3.02. The molecule has 0 saturated carbocycles. The predicted octanol–water partition coefficient (Wildman–Crippen LogP) is 3.44. The van der Waals surface area contributed by atoms with Crippen LogP contribution >= 0.6 is 0 Å². The number of methoxy groups -OCH3 is 3. The molecular formula is C19H20O6. The smallest absolute Gasteiger partial charge is 0.343 e. The Morgan fingerprint density at radius 2 is 1.44 bits per heavy atom. The largest absolute Gasteiger partial charge is 0.493 e. The van der Waals surface area contributed by atoms with Gasteiger partial charge in [0, 0.05) is 0 Å². The van der Waals surface area contributed by atoms with Gasteiger partial charge in [0.1, 0.15) is 5.75 Å². The molecule has 0 spiro atoms. The van der Waals surface area contributed by atoms with Crippen molar-refractivity contribution in [2.75, 3.05) is 21.3 Å². The lowest BCUT2D eigenvalue weighted by Gasteiger charge is -2.14. The summed E-state index contributed by atoms with van der Waals surface area (Å²) in [5, 5.41) is 0. The molecule has 2 aromatic rings. The van der Waals surface area contributed by atoms with Crippen molar-refractivity contribution in [1.29, 1.82) is 0 Å². The highest BCUT2D eigenvalue weighted by Crippen LogP contribution is 2.38. The molecule has 0 saturated heterocycles. The number of Topliss-reactive ketones (excluding diaryl/α,β-unsaturated/α-hetero) is 1. The molecule has 0 aromatic heterocycles. The van der Waals surface area contributed by atoms with Gasteiger partial charge in [-0.05, 0) is 38.1 Å². The van der Waals surface area contributed by atoms with Gasteiger partial charge in [0.05, 0.1) is 32.5 Å². The lowest BCUT2D eigenvalue weighted by atomic mass is 10.1. The first-order valence-corrected chi connectivity index (χ1v) is 7.55. The van der Waals surface area contributed by atoms with Crippen molar-refractivity contribution < 1.29 is 28.5 Å². The highest BCUT2D eigenvalue weighted by atomic mass is 16.5. The number of ether oxygens (including phenoxy) is 4. The SMILES string of the molecule is COc1cc(C(=O)Oc2ccc(C)cc2C(C)=O)cc(OC)c1OC. The van der Waals surface area contributed by atoms with Crippen molar-refractivity contribution in [3.8, 4) is 23.0 Å². The van der Waals surface area contributed by atoms with Gasteiger partial charge in [-0.1, -0.05) is 11.6 Å². The van der Waals surface area contributed by atoms with Crippen molar-refractivity contribution in [3.05, 3.63) is 47.0 Å². The maximum atomic E-state index is 12.5. The molecule has 132 valence electrons. The second kappa shape index (κ2) is 7.70. The zero-order chi connectivity index (χ0) is 18.6. The number of aryl methyl sites for hydroxylation is 1. The summed E-state index contributed by atoms with van der Waals surface area (Å²) in [7, 11) is 4.39. The van der Waals surface area contributed by atoms with Gasteiger partial charge in [0.15, 0.2) is 17.3 Å². The number of carbonyl (C=O) groups excluding carboxylic acids is 2. The Morgan fingerprint density at radius 3 is 1.92 bits per heavy atom. The molecular weight excluding hydrogens is 324 g/mol. The third-order valence-corrected chi connectivity index (χ3v) is 3.62. The summed E-state index contributed by atoms with van der Waals surface area (Å²) >= 11 is 0. The Bertz CT molecular complexity index is 785. The Kier molecular flexibility index (Phi) is 5.64. The standard InChI is InChI=1S/C19H20O6/c1-11-6-7-15(14(8-11)12(2)20)25-19(21)13-9-16(22-3)18(24-5)17(10-13)23-4/h6-10H,1-5H3. The third-order valence-electron chi connectivity index (χ3n) is 3.62. The maximum Gasteiger partial charge on any atom is 0.343 e. The number of hydrogen-bond acceptors (Lipinski definition) is 6. The second-order valence-electron chi connectivity index (χ2n) is 5.36. The van der Waals surface area contributed by atoms with Crippen molar-refractivity contribution in [1.82, 2.24) is 0 Å². The predicted molar refractivity (Wildman–Crippen MR) is 92.2 cm³/mol. The zero-order valence-electron chi connectivity index (χ0n) is 14.8. The minimum absolute atomic E-state index is 0.184. The number of rotatable bonds is 6. The average Bonchev–Trinajstić information content (AvgIpc) is 2.61. The Labute approximate surface area is 146 Å². The lowest BCUT2D eigenvalue weighted by molar-refractivity contribution is 0.0732. The fourth-order valence-corrected chi connectivity index (χ4v) is 2.37. The van der Waals surface area contributed by atoms with E-state index in [0.29, 0.717) is 22.8 Å². The van der Waals surface area contributed by atoms with Gasteiger partial charge < -0.3 is 18.9 Å². The van der Waals surface area contributed by atoms with Crippen LogP contribution in [0.15, 0.2) is 30.3 Å². The van der Waals surface area contributed by atoms with E-state index >= 15 is 0 Å². The van der Waals surface area contributed by atoms with Gasteiger partial charge in [-0.25, -0.2) is 4.79 Å². The van der Waals surface area contributed by atoms with Crippen LogP contribution in [0.4, 0.5) is 0 Å². The van der Waals surface area contributed by atoms with Crippen molar-refractivity contribution in [2.45, 2.75) is 13.8 Å². The molecule has 0 radical (unpaired) electrons. The third kappa shape index (κ3) is 3.91. The second-order valence-corrected chi connectivity index (χ2v) is 5.36. The van der Waals surface area contributed by atoms with Crippen LogP contribution in [0.5, 0.6) is 23.0 Å². The van der Waals surface area contributed by atoms with Gasteiger partial charge in [0.2, 0.25) is 5.75 Å². The summed E-state index contributed by atoms with van der Waals surface area (Å²) in [4.78, 5) is 24.3. The van der Waals surface area contributed by atoms with Gasteiger partial charge in [-0.15, -0.1) is 0 Å². The first-order chi connectivity index (χ1) is 11.9. The number of esters is 1. The van der Waals surface area contributed by atoms with Crippen LogP contribution in [0.3, 0.4) is 0 Å². The van der Waals surface area contributed by atoms with Crippen LogP contribution in [0.1, 0.15) is 33.2 Å². The molecule has 2 rings (SSSR count). The van der Waals surface area contributed by atoms with Crippen LogP contribution in [0.2, 0.25) is 0 Å². The first-order valence-electron chi connectivity index (χ1n) is 7.55. The maximum absolute atomic E-state index is 12.5. The van der Waals surface area contributed by atoms with E-state index in [1.165, 1.54) is 40.4 Å². The molecule has 6 heteroatoms. The number of hydrogen-bond donors (Lipinski definition) is 0. The summed E-state index contributed by atoms with van der Waals surface area (Å²) in [6.07, 6.45) is 0. The van der Waals surface area contributed by atoms with E-state index in [0.717, 1.165) is 5.56 Å².